The Hall–Kier alpha value is -0.540. The first kappa shape index (κ1) is 12.9. The maximum Gasteiger partial charge on any atom is 0.126 e. The van der Waals surface area contributed by atoms with Crippen molar-refractivity contribution in [2.75, 3.05) is 13.7 Å². The second kappa shape index (κ2) is 4.29. The lowest BCUT2D eigenvalue weighted by atomic mass is 9.88. The van der Waals surface area contributed by atoms with Crippen molar-refractivity contribution in [2.24, 2.45) is 0 Å². The Morgan fingerprint density at radius 1 is 1.18 bits per heavy atom. The molecule has 1 fully saturated rings. The molecule has 1 aromatic carbocycles. The van der Waals surface area contributed by atoms with Crippen LogP contribution in [-0.2, 0) is 5.41 Å². The van der Waals surface area contributed by atoms with E-state index in [-0.39, 0.29) is 12.0 Å². The summed E-state index contributed by atoms with van der Waals surface area (Å²) in [5.74, 6) is 0.953. The van der Waals surface area contributed by atoms with E-state index in [2.05, 4.69) is 36.7 Å². The Morgan fingerprint density at radius 2 is 1.76 bits per heavy atom. The highest BCUT2D eigenvalue weighted by molar-refractivity contribution is 9.10. The zero-order chi connectivity index (χ0) is 12.8. The van der Waals surface area contributed by atoms with Crippen molar-refractivity contribution < 1.29 is 9.84 Å². The van der Waals surface area contributed by atoms with Gasteiger partial charge in [-0.2, -0.15) is 0 Å². The number of aliphatic hydroxyl groups excluding tert-OH is 1. The van der Waals surface area contributed by atoms with E-state index in [0.717, 1.165) is 23.1 Å². The van der Waals surface area contributed by atoms with Crippen LogP contribution < -0.4 is 4.74 Å². The first-order chi connectivity index (χ1) is 7.98. The molecule has 0 aromatic heterocycles. The van der Waals surface area contributed by atoms with Crippen molar-refractivity contribution in [2.45, 2.75) is 39.0 Å². The Bertz CT molecular complexity index is 462. The fourth-order valence-corrected chi connectivity index (χ4v) is 3.11. The zero-order valence-electron chi connectivity index (χ0n) is 10.9. The highest BCUT2D eigenvalue weighted by atomic mass is 79.9. The smallest absolute Gasteiger partial charge is 0.126 e. The second-order valence-corrected chi connectivity index (χ2v) is 5.83. The summed E-state index contributed by atoms with van der Waals surface area (Å²) in [4.78, 5) is 0. The van der Waals surface area contributed by atoms with E-state index in [9.17, 15) is 5.11 Å². The highest BCUT2D eigenvalue weighted by Gasteiger charge is 2.47. The van der Waals surface area contributed by atoms with E-state index in [1.54, 1.807) is 7.11 Å². The fourth-order valence-electron chi connectivity index (χ4n) is 2.62. The standard InChI is InChI=1S/C14H19BrO2/c1-8-9(2)13(17-4)11(10(3)12(8)15)14(7-16)5-6-14/h16H,5-7H2,1-4H3. The number of aliphatic hydroxyl groups is 1. The molecule has 1 saturated carbocycles. The Balaban J connectivity index is 2.73. The number of hydrogen-bond donors (Lipinski definition) is 1. The molecule has 0 amide bonds. The van der Waals surface area contributed by atoms with Gasteiger partial charge in [-0.1, -0.05) is 15.9 Å². The number of hydrogen-bond acceptors (Lipinski definition) is 2. The van der Waals surface area contributed by atoms with Crippen LogP contribution in [0.15, 0.2) is 4.47 Å². The molecule has 0 heterocycles. The van der Waals surface area contributed by atoms with Crippen molar-refractivity contribution in [1.82, 2.24) is 0 Å². The lowest BCUT2D eigenvalue weighted by Crippen LogP contribution is -2.17. The fraction of sp³-hybridized carbons (Fsp3) is 0.571. The number of halogens is 1. The average Bonchev–Trinajstić information content (AvgIpc) is 3.11. The lowest BCUT2D eigenvalue weighted by Gasteiger charge is -2.24. The van der Waals surface area contributed by atoms with Crippen LogP contribution in [0.5, 0.6) is 5.75 Å². The van der Waals surface area contributed by atoms with Gasteiger partial charge < -0.3 is 9.84 Å². The van der Waals surface area contributed by atoms with Crippen molar-refractivity contribution >= 4 is 15.9 Å². The van der Waals surface area contributed by atoms with E-state index in [0.29, 0.717) is 0 Å². The summed E-state index contributed by atoms with van der Waals surface area (Å²) < 4.78 is 6.73. The van der Waals surface area contributed by atoms with Crippen LogP contribution in [-0.4, -0.2) is 18.8 Å². The van der Waals surface area contributed by atoms with Gasteiger partial charge in [0, 0.05) is 15.5 Å². The summed E-state index contributed by atoms with van der Waals surface area (Å²) in [7, 11) is 1.71. The molecule has 3 heteroatoms. The normalized spacial score (nSPS) is 17.1. The van der Waals surface area contributed by atoms with Gasteiger partial charge in [-0.25, -0.2) is 0 Å². The molecule has 0 unspecified atom stereocenters. The van der Waals surface area contributed by atoms with Crippen LogP contribution >= 0.6 is 15.9 Å². The third-order valence-electron chi connectivity index (χ3n) is 4.05. The molecule has 1 aliphatic rings. The summed E-state index contributed by atoms with van der Waals surface area (Å²) in [5.41, 5.74) is 4.72. The number of rotatable bonds is 3. The zero-order valence-corrected chi connectivity index (χ0v) is 12.4. The summed E-state index contributed by atoms with van der Waals surface area (Å²) in [5, 5.41) is 9.63. The van der Waals surface area contributed by atoms with Gasteiger partial charge in [-0.3, -0.25) is 0 Å². The molecule has 0 spiro atoms. The first-order valence-electron chi connectivity index (χ1n) is 5.93. The predicted molar refractivity (Wildman–Crippen MR) is 72.9 cm³/mol. The second-order valence-electron chi connectivity index (χ2n) is 5.04. The van der Waals surface area contributed by atoms with Gasteiger partial charge in [0.2, 0.25) is 0 Å². The van der Waals surface area contributed by atoms with Crippen molar-refractivity contribution in [3.05, 3.63) is 26.7 Å². The average molecular weight is 299 g/mol. The molecule has 1 N–H and O–H groups in total. The molecule has 0 bridgehead atoms. The molecule has 0 atom stereocenters. The number of benzene rings is 1. The monoisotopic (exact) mass is 298 g/mol. The summed E-state index contributed by atoms with van der Waals surface area (Å²) in [6, 6.07) is 0. The lowest BCUT2D eigenvalue weighted by molar-refractivity contribution is 0.251. The molecular formula is C14H19BrO2. The van der Waals surface area contributed by atoms with E-state index < -0.39 is 0 Å². The van der Waals surface area contributed by atoms with Crippen LogP contribution in [0.1, 0.15) is 35.1 Å². The summed E-state index contributed by atoms with van der Waals surface area (Å²) in [6.45, 7) is 6.48. The molecular weight excluding hydrogens is 280 g/mol. The Labute approximate surface area is 111 Å². The molecule has 2 nitrogen and oxygen atoms in total. The maximum absolute atomic E-state index is 9.63. The molecule has 1 aliphatic carbocycles. The van der Waals surface area contributed by atoms with Crippen molar-refractivity contribution in [3.63, 3.8) is 0 Å². The Morgan fingerprint density at radius 3 is 2.18 bits per heavy atom. The van der Waals surface area contributed by atoms with Gasteiger partial charge in [-0.15, -0.1) is 0 Å². The van der Waals surface area contributed by atoms with Crippen molar-refractivity contribution in [3.8, 4) is 5.75 Å². The number of ether oxygens (including phenoxy) is 1. The minimum Gasteiger partial charge on any atom is -0.496 e. The van der Waals surface area contributed by atoms with Gasteiger partial charge in [0.05, 0.1) is 13.7 Å². The molecule has 0 radical (unpaired) electrons. The van der Waals surface area contributed by atoms with Gasteiger partial charge >= 0.3 is 0 Å². The number of methoxy groups -OCH3 is 1. The molecule has 94 valence electrons. The first-order valence-corrected chi connectivity index (χ1v) is 6.72. The van der Waals surface area contributed by atoms with Crippen LogP contribution in [0.2, 0.25) is 0 Å². The molecule has 0 aliphatic heterocycles. The van der Waals surface area contributed by atoms with E-state index >= 15 is 0 Å². The van der Waals surface area contributed by atoms with E-state index in [1.165, 1.54) is 22.3 Å². The SMILES string of the molecule is COc1c(C)c(C)c(Br)c(C)c1C1(CO)CC1. The minimum atomic E-state index is -0.0591. The van der Waals surface area contributed by atoms with Crippen molar-refractivity contribution in [1.29, 1.82) is 0 Å². The largest absolute Gasteiger partial charge is 0.496 e. The van der Waals surface area contributed by atoms with E-state index in [4.69, 9.17) is 4.74 Å². The van der Waals surface area contributed by atoms with Gasteiger partial charge in [-0.05, 0) is 50.3 Å². The predicted octanol–water partition coefficient (Wildman–Crippen LogP) is 3.41. The summed E-state index contributed by atoms with van der Waals surface area (Å²) in [6.07, 6.45) is 2.10. The van der Waals surface area contributed by atoms with E-state index in [1.807, 2.05) is 0 Å². The highest BCUT2D eigenvalue weighted by Crippen LogP contribution is 2.54. The van der Waals surface area contributed by atoms with Crippen LogP contribution in [0.4, 0.5) is 0 Å². The summed E-state index contributed by atoms with van der Waals surface area (Å²) >= 11 is 3.66. The quantitative estimate of drug-likeness (QED) is 0.927. The molecule has 1 aromatic rings. The maximum atomic E-state index is 9.63. The molecule has 17 heavy (non-hydrogen) atoms. The third-order valence-corrected chi connectivity index (χ3v) is 5.24. The molecule has 2 rings (SSSR count). The topological polar surface area (TPSA) is 29.5 Å². The third kappa shape index (κ3) is 1.80. The van der Waals surface area contributed by atoms with Gasteiger partial charge in [0.25, 0.3) is 0 Å². The Kier molecular flexibility index (Phi) is 3.25. The van der Waals surface area contributed by atoms with Gasteiger partial charge in [0.15, 0.2) is 0 Å². The van der Waals surface area contributed by atoms with Gasteiger partial charge in [0.1, 0.15) is 5.75 Å². The molecule has 0 saturated heterocycles. The minimum absolute atomic E-state index is 0.0591. The van der Waals surface area contributed by atoms with Crippen LogP contribution in [0, 0.1) is 20.8 Å². The van der Waals surface area contributed by atoms with Crippen LogP contribution in [0.3, 0.4) is 0 Å². The van der Waals surface area contributed by atoms with Crippen LogP contribution in [0.25, 0.3) is 0 Å².